The molecule has 0 radical (unpaired) electrons. The molecule has 0 N–H and O–H groups in total. The van der Waals surface area contributed by atoms with Gasteiger partial charge in [0, 0.05) is 50.0 Å². The second-order valence-corrected chi connectivity index (χ2v) is 8.32. The molecule has 2 aliphatic rings. The van der Waals surface area contributed by atoms with E-state index in [-0.39, 0.29) is 0 Å². The number of rotatable bonds is 7. The van der Waals surface area contributed by atoms with Gasteiger partial charge in [0.2, 0.25) is 5.95 Å². The number of nitrogens with zero attached hydrogens (tertiary/aromatic N) is 5. The average Bonchev–Trinajstić information content (AvgIpc) is 2.91. The summed E-state index contributed by atoms with van der Waals surface area (Å²) < 4.78 is 0. The third-order valence-corrected chi connectivity index (χ3v) is 5.79. The van der Waals surface area contributed by atoms with Crippen molar-refractivity contribution in [2.45, 2.75) is 71.0 Å². The highest BCUT2D eigenvalue weighted by Crippen LogP contribution is 2.33. The standard InChI is InChI=1S/C22H35N5/c1-5-12-25(4)13-8-6-7-9-19-14-23-22(24-15-19)27-20-10-11-21(27)17-26(16-20)18(2)3/h14-15,18,20-21H,5-6,8,10-13,16-17H2,1-4H3. The lowest BCUT2D eigenvalue weighted by Gasteiger charge is -2.42. The zero-order chi connectivity index (χ0) is 19.2. The summed E-state index contributed by atoms with van der Waals surface area (Å²) in [6.07, 6.45) is 9.55. The van der Waals surface area contributed by atoms with Crippen LogP contribution in [0.2, 0.25) is 0 Å². The molecule has 27 heavy (non-hydrogen) atoms. The highest BCUT2D eigenvalue weighted by Gasteiger charge is 2.41. The maximum atomic E-state index is 4.65. The largest absolute Gasteiger partial charge is 0.332 e. The Bertz CT molecular complexity index is 631. The Morgan fingerprint density at radius 1 is 1.15 bits per heavy atom. The van der Waals surface area contributed by atoms with Gasteiger partial charge >= 0.3 is 0 Å². The molecule has 1 aromatic rings. The fourth-order valence-electron chi connectivity index (χ4n) is 4.30. The highest BCUT2D eigenvalue weighted by molar-refractivity contribution is 5.40. The van der Waals surface area contributed by atoms with E-state index in [1.807, 2.05) is 12.4 Å². The molecular formula is C22H35N5. The Morgan fingerprint density at radius 2 is 1.81 bits per heavy atom. The average molecular weight is 370 g/mol. The van der Waals surface area contributed by atoms with E-state index < -0.39 is 0 Å². The summed E-state index contributed by atoms with van der Waals surface area (Å²) in [6.45, 7) is 11.3. The quantitative estimate of drug-likeness (QED) is 0.545. The van der Waals surface area contributed by atoms with Crippen LogP contribution in [0.25, 0.3) is 0 Å². The smallest absolute Gasteiger partial charge is 0.225 e. The minimum atomic E-state index is 0.559. The third kappa shape index (κ3) is 5.21. The number of unbranched alkanes of at least 4 members (excludes halogenated alkanes) is 1. The molecule has 2 aliphatic heterocycles. The van der Waals surface area contributed by atoms with Gasteiger partial charge in [-0.15, -0.1) is 0 Å². The van der Waals surface area contributed by atoms with Crippen molar-refractivity contribution in [3.05, 3.63) is 18.0 Å². The van der Waals surface area contributed by atoms with Crippen molar-refractivity contribution in [1.29, 1.82) is 0 Å². The molecule has 0 saturated carbocycles. The number of piperazine rings is 1. The van der Waals surface area contributed by atoms with Crippen molar-refractivity contribution in [2.75, 3.05) is 38.1 Å². The van der Waals surface area contributed by atoms with E-state index in [1.54, 1.807) is 0 Å². The van der Waals surface area contributed by atoms with E-state index in [9.17, 15) is 0 Å². The number of likely N-dealkylation sites (tertiary alicyclic amines) is 1. The minimum absolute atomic E-state index is 0.559. The van der Waals surface area contributed by atoms with Crippen LogP contribution in [-0.2, 0) is 0 Å². The predicted octanol–water partition coefficient (Wildman–Crippen LogP) is 3.01. The van der Waals surface area contributed by atoms with Gasteiger partial charge in [-0.1, -0.05) is 18.8 Å². The molecule has 148 valence electrons. The van der Waals surface area contributed by atoms with Gasteiger partial charge in [0.05, 0.1) is 5.56 Å². The normalized spacial score (nSPS) is 22.4. The molecule has 0 aromatic carbocycles. The predicted molar refractivity (Wildman–Crippen MR) is 112 cm³/mol. The van der Waals surface area contributed by atoms with Gasteiger partial charge in [-0.05, 0) is 59.7 Å². The van der Waals surface area contributed by atoms with E-state index in [2.05, 4.69) is 64.3 Å². The summed E-state index contributed by atoms with van der Waals surface area (Å²) >= 11 is 0. The first kappa shape index (κ1) is 20.1. The van der Waals surface area contributed by atoms with Crippen molar-refractivity contribution in [2.24, 2.45) is 0 Å². The van der Waals surface area contributed by atoms with Crippen LogP contribution in [0.5, 0.6) is 0 Å². The first-order valence-corrected chi connectivity index (χ1v) is 10.6. The van der Waals surface area contributed by atoms with Gasteiger partial charge in [0.1, 0.15) is 0 Å². The number of hydrogen-bond acceptors (Lipinski definition) is 5. The fraction of sp³-hybridized carbons (Fsp3) is 0.727. The Hall–Kier alpha value is -1.64. The molecule has 3 heterocycles. The Kier molecular flexibility index (Phi) is 7.09. The van der Waals surface area contributed by atoms with Crippen LogP contribution in [-0.4, -0.2) is 71.1 Å². The lowest BCUT2D eigenvalue weighted by Crippen LogP contribution is -2.56. The van der Waals surface area contributed by atoms with Gasteiger partial charge in [0.25, 0.3) is 0 Å². The summed E-state index contributed by atoms with van der Waals surface area (Å²) in [5, 5.41) is 0. The fourth-order valence-corrected chi connectivity index (χ4v) is 4.30. The van der Waals surface area contributed by atoms with E-state index in [1.165, 1.54) is 19.3 Å². The van der Waals surface area contributed by atoms with E-state index in [4.69, 9.17) is 0 Å². The van der Waals surface area contributed by atoms with Crippen LogP contribution < -0.4 is 4.90 Å². The van der Waals surface area contributed by atoms with E-state index >= 15 is 0 Å². The maximum absolute atomic E-state index is 4.65. The summed E-state index contributed by atoms with van der Waals surface area (Å²) in [4.78, 5) is 16.7. The molecule has 1 aromatic heterocycles. The number of hydrogen-bond donors (Lipinski definition) is 0. The Balaban J connectivity index is 1.52. The van der Waals surface area contributed by atoms with Crippen molar-refractivity contribution in [3.8, 4) is 11.8 Å². The topological polar surface area (TPSA) is 35.5 Å². The van der Waals surface area contributed by atoms with Crippen LogP contribution in [0.15, 0.2) is 12.4 Å². The number of fused-ring (bicyclic) bond motifs is 2. The van der Waals surface area contributed by atoms with E-state index in [0.29, 0.717) is 18.1 Å². The summed E-state index contributed by atoms with van der Waals surface area (Å²) in [7, 11) is 2.18. The van der Waals surface area contributed by atoms with Crippen molar-refractivity contribution in [1.82, 2.24) is 19.8 Å². The highest BCUT2D eigenvalue weighted by atomic mass is 15.4. The van der Waals surface area contributed by atoms with Gasteiger partial charge in [-0.2, -0.15) is 0 Å². The second kappa shape index (κ2) is 9.52. The van der Waals surface area contributed by atoms with Crippen molar-refractivity contribution >= 4 is 5.95 Å². The lowest BCUT2D eigenvalue weighted by molar-refractivity contribution is 0.176. The number of aromatic nitrogens is 2. The van der Waals surface area contributed by atoms with Crippen LogP contribution in [0.4, 0.5) is 5.95 Å². The first-order valence-electron chi connectivity index (χ1n) is 10.6. The number of anilines is 1. The molecule has 5 heteroatoms. The SMILES string of the molecule is CCCN(C)CCCC#Cc1cnc(N2C3CCC2CN(C(C)C)C3)nc1. The Morgan fingerprint density at radius 3 is 2.41 bits per heavy atom. The second-order valence-electron chi connectivity index (χ2n) is 8.32. The summed E-state index contributed by atoms with van der Waals surface area (Å²) in [6, 6.07) is 1.74. The van der Waals surface area contributed by atoms with Gasteiger partial charge < -0.3 is 9.80 Å². The first-order chi connectivity index (χ1) is 13.1. The Labute approximate surface area is 165 Å². The van der Waals surface area contributed by atoms with Crippen molar-refractivity contribution in [3.63, 3.8) is 0 Å². The monoisotopic (exact) mass is 369 g/mol. The summed E-state index contributed by atoms with van der Waals surface area (Å²) in [5.74, 6) is 7.38. The molecule has 3 rings (SSSR count). The van der Waals surface area contributed by atoms with Crippen molar-refractivity contribution < 1.29 is 0 Å². The molecule has 2 bridgehead atoms. The molecule has 0 amide bonds. The zero-order valence-electron chi connectivity index (χ0n) is 17.5. The maximum Gasteiger partial charge on any atom is 0.225 e. The molecular weight excluding hydrogens is 334 g/mol. The van der Waals surface area contributed by atoms with Crippen LogP contribution in [0.1, 0.15) is 58.4 Å². The lowest BCUT2D eigenvalue weighted by atomic mass is 10.1. The van der Waals surface area contributed by atoms with E-state index in [0.717, 1.165) is 50.5 Å². The molecule has 2 atom stereocenters. The van der Waals surface area contributed by atoms with Crippen LogP contribution >= 0.6 is 0 Å². The molecule has 5 nitrogen and oxygen atoms in total. The van der Waals surface area contributed by atoms with Crippen LogP contribution in [0.3, 0.4) is 0 Å². The summed E-state index contributed by atoms with van der Waals surface area (Å²) in [5.41, 5.74) is 0.925. The van der Waals surface area contributed by atoms with Crippen LogP contribution in [0, 0.1) is 11.8 Å². The zero-order valence-corrected chi connectivity index (χ0v) is 17.5. The molecule has 2 saturated heterocycles. The van der Waals surface area contributed by atoms with Gasteiger partial charge in [0.15, 0.2) is 0 Å². The molecule has 0 aliphatic carbocycles. The van der Waals surface area contributed by atoms with Gasteiger partial charge in [-0.25, -0.2) is 9.97 Å². The van der Waals surface area contributed by atoms with Gasteiger partial charge in [-0.3, -0.25) is 4.90 Å². The third-order valence-electron chi connectivity index (χ3n) is 5.79. The molecule has 2 fully saturated rings. The minimum Gasteiger partial charge on any atom is -0.332 e. The molecule has 2 unspecified atom stereocenters. The molecule has 0 spiro atoms.